The van der Waals surface area contributed by atoms with Gasteiger partial charge in [0.15, 0.2) is 0 Å². The van der Waals surface area contributed by atoms with Crippen molar-refractivity contribution in [2.45, 2.75) is 31.6 Å². The number of aromatic nitrogens is 2. The maximum absolute atomic E-state index is 11.9. The minimum absolute atomic E-state index is 0.0733. The predicted molar refractivity (Wildman–Crippen MR) is 150 cm³/mol. The van der Waals surface area contributed by atoms with E-state index in [-0.39, 0.29) is 6.42 Å². The maximum Gasteiger partial charge on any atom is 0.304 e. The van der Waals surface area contributed by atoms with Crippen molar-refractivity contribution in [1.82, 2.24) is 9.97 Å². The smallest absolute Gasteiger partial charge is 0.304 e. The van der Waals surface area contributed by atoms with Crippen molar-refractivity contribution in [3.63, 3.8) is 0 Å². The van der Waals surface area contributed by atoms with E-state index in [0.717, 1.165) is 64.1 Å². The van der Waals surface area contributed by atoms with Crippen molar-refractivity contribution in [2.75, 3.05) is 18.5 Å². The van der Waals surface area contributed by atoms with Crippen LogP contribution in [-0.2, 0) is 17.6 Å². The standard InChI is InChI=1S/C32H29N3O4/c36-32(37)17-27(23-15-22(18-33-19-23)21-5-2-1-3-6-21)28-20-39-31-16-25(9-10-26(28)31)38-14-12-24-8-11-29-30(35-24)7-4-13-34-29/h1-3,5-6,8-11,15-16,18-20,27,34H,4,7,12-14,17H2,(H,36,37). The summed E-state index contributed by atoms with van der Waals surface area (Å²) in [6.45, 7) is 1.50. The molecule has 1 atom stereocenters. The van der Waals surface area contributed by atoms with E-state index in [1.54, 1.807) is 18.7 Å². The lowest BCUT2D eigenvalue weighted by Gasteiger charge is -2.17. The fourth-order valence-corrected chi connectivity index (χ4v) is 5.20. The van der Waals surface area contributed by atoms with E-state index < -0.39 is 11.9 Å². The van der Waals surface area contributed by atoms with Gasteiger partial charge in [-0.15, -0.1) is 0 Å². The highest BCUT2D eigenvalue weighted by Gasteiger charge is 2.23. The quantitative estimate of drug-likeness (QED) is 0.230. The van der Waals surface area contributed by atoms with Gasteiger partial charge in [-0.05, 0) is 54.3 Å². The third kappa shape index (κ3) is 5.48. The molecule has 4 heterocycles. The zero-order valence-corrected chi connectivity index (χ0v) is 21.5. The summed E-state index contributed by atoms with van der Waals surface area (Å²) < 4.78 is 11.9. The minimum atomic E-state index is -0.883. The number of fused-ring (bicyclic) bond motifs is 2. The van der Waals surface area contributed by atoms with E-state index in [4.69, 9.17) is 14.1 Å². The van der Waals surface area contributed by atoms with Crippen LogP contribution in [0.3, 0.4) is 0 Å². The monoisotopic (exact) mass is 519 g/mol. The second-order valence-corrected chi connectivity index (χ2v) is 9.80. The number of pyridine rings is 2. The van der Waals surface area contributed by atoms with Gasteiger partial charge in [0.2, 0.25) is 0 Å². The minimum Gasteiger partial charge on any atom is -0.493 e. The van der Waals surface area contributed by atoms with E-state index in [1.807, 2.05) is 60.7 Å². The molecule has 7 heteroatoms. The molecule has 0 bridgehead atoms. The Bertz CT molecular complexity index is 1610. The second kappa shape index (κ2) is 11.0. The number of carboxylic acids is 1. The average molecular weight is 520 g/mol. The lowest BCUT2D eigenvalue weighted by molar-refractivity contribution is -0.137. The summed E-state index contributed by atoms with van der Waals surface area (Å²) in [6.07, 6.45) is 7.93. The van der Waals surface area contributed by atoms with Crippen LogP contribution >= 0.6 is 0 Å². The van der Waals surface area contributed by atoms with E-state index in [0.29, 0.717) is 24.4 Å². The van der Waals surface area contributed by atoms with E-state index >= 15 is 0 Å². The number of hydrogen-bond donors (Lipinski definition) is 2. The highest BCUT2D eigenvalue weighted by atomic mass is 16.5. The van der Waals surface area contributed by atoms with Crippen molar-refractivity contribution in [3.8, 4) is 16.9 Å². The molecule has 0 radical (unpaired) electrons. The third-order valence-corrected chi connectivity index (χ3v) is 7.16. The van der Waals surface area contributed by atoms with Gasteiger partial charge in [-0.2, -0.15) is 0 Å². The summed E-state index contributed by atoms with van der Waals surface area (Å²) in [6, 6.07) is 21.8. The van der Waals surface area contributed by atoms with Crippen molar-refractivity contribution < 1.29 is 19.1 Å². The number of hydrogen-bond acceptors (Lipinski definition) is 6. The molecule has 1 aliphatic heterocycles. The molecule has 1 aliphatic rings. The van der Waals surface area contributed by atoms with Crippen LogP contribution in [-0.4, -0.2) is 34.2 Å². The second-order valence-electron chi connectivity index (χ2n) is 9.80. The largest absolute Gasteiger partial charge is 0.493 e. The Morgan fingerprint density at radius 3 is 2.82 bits per heavy atom. The normalized spacial score (nSPS) is 13.4. The van der Waals surface area contributed by atoms with Gasteiger partial charge in [0.1, 0.15) is 11.3 Å². The number of ether oxygens (including phenoxy) is 1. The SMILES string of the molecule is O=C(O)CC(c1cncc(-c2ccccc2)c1)c1coc2cc(OCCc3ccc4c(n3)CCCN4)ccc12. The molecule has 3 aromatic heterocycles. The number of anilines is 1. The van der Waals surface area contributed by atoms with Gasteiger partial charge in [0, 0.05) is 59.6 Å². The Hall–Kier alpha value is -4.65. The number of furan rings is 1. The highest BCUT2D eigenvalue weighted by Crippen LogP contribution is 2.37. The molecule has 0 aliphatic carbocycles. The van der Waals surface area contributed by atoms with Gasteiger partial charge in [0.05, 0.1) is 30.7 Å². The van der Waals surface area contributed by atoms with E-state index in [2.05, 4.69) is 16.4 Å². The Morgan fingerprint density at radius 1 is 1.05 bits per heavy atom. The number of nitrogens with one attached hydrogen (secondary N) is 1. The summed E-state index contributed by atoms with van der Waals surface area (Å²) in [5.74, 6) is -0.590. The number of aliphatic carboxylic acids is 1. The van der Waals surface area contributed by atoms with Gasteiger partial charge in [-0.1, -0.05) is 30.3 Å². The average Bonchev–Trinajstić information content (AvgIpc) is 3.39. The van der Waals surface area contributed by atoms with Crippen LogP contribution in [0.25, 0.3) is 22.1 Å². The molecule has 2 aromatic carbocycles. The molecule has 196 valence electrons. The molecule has 0 amide bonds. The van der Waals surface area contributed by atoms with Crippen molar-refractivity contribution in [1.29, 1.82) is 0 Å². The Balaban J connectivity index is 1.21. The molecule has 0 fully saturated rings. The lowest BCUT2D eigenvalue weighted by Crippen LogP contribution is -2.14. The molecule has 39 heavy (non-hydrogen) atoms. The molecule has 2 N–H and O–H groups in total. The maximum atomic E-state index is 11.9. The Morgan fingerprint density at radius 2 is 1.95 bits per heavy atom. The lowest BCUT2D eigenvalue weighted by atomic mass is 9.88. The van der Waals surface area contributed by atoms with Gasteiger partial charge >= 0.3 is 5.97 Å². The molecule has 0 spiro atoms. The first-order valence-electron chi connectivity index (χ1n) is 13.2. The van der Waals surface area contributed by atoms with Crippen molar-refractivity contribution in [2.24, 2.45) is 0 Å². The molecule has 5 aromatic rings. The van der Waals surface area contributed by atoms with Crippen LogP contribution in [0.4, 0.5) is 5.69 Å². The van der Waals surface area contributed by atoms with Crippen LogP contribution < -0.4 is 10.1 Å². The highest BCUT2D eigenvalue weighted by molar-refractivity contribution is 5.84. The van der Waals surface area contributed by atoms with Crippen LogP contribution in [0.5, 0.6) is 5.75 Å². The molecule has 0 saturated carbocycles. The number of carboxylic acid groups (broad SMARTS) is 1. The summed E-state index contributed by atoms with van der Waals surface area (Å²) >= 11 is 0. The summed E-state index contributed by atoms with van der Waals surface area (Å²) in [5, 5.41) is 14.0. The fraction of sp³-hybridized carbons (Fsp3) is 0.219. The third-order valence-electron chi connectivity index (χ3n) is 7.16. The van der Waals surface area contributed by atoms with Gasteiger partial charge < -0.3 is 19.6 Å². The van der Waals surface area contributed by atoms with Crippen LogP contribution in [0.15, 0.2) is 89.8 Å². The summed E-state index contributed by atoms with van der Waals surface area (Å²) in [4.78, 5) is 21.1. The summed E-state index contributed by atoms with van der Waals surface area (Å²) in [5.41, 5.74) is 7.55. The summed E-state index contributed by atoms with van der Waals surface area (Å²) in [7, 11) is 0. The number of aryl methyl sites for hydroxylation is 1. The first-order valence-corrected chi connectivity index (χ1v) is 13.2. The van der Waals surface area contributed by atoms with Crippen LogP contribution in [0.1, 0.15) is 41.3 Å². The molecule has 6 rings (SSSR count). The van der Waals surface area contributed by atoms with Gasteiger partial charge in [-0.3, -0.25) is 14.8 Å². The zero-order chi connectivity index (χ0) is 26.6. The van der Waals surface area contributed by atoms with Gasteiger partial charge in [-0.25, -0.2) is 0 Å². The topological polar surface area (TPSA) is 97.5 Å². The number of rotatable bonds is 9. The van der Waals surface area contributed by atoms with Gasteiger partial charge in [0.25, 0.3) is 0 Å². The fourth-order valence-electron chi connectivity index (χ4n) is 5.20. The molecular formula is C32H29N3O4. The zero-order valence-electron chi connectivity index (χ0n) is 21.5. The van der Waals surface area contributed by atoms with E-state index in [9.17, 15) is 9.90 Å². The van der Waals surface area contributed by atoms with Crippen molar-refractivity contribution >= 4 is 22.6 Å². The molecule has 1 unspecified atom stereocenters. The predicted octanol–water partition coefficient (Wildman–Crippen LogP) is 6.48. The Labute approximate surface area is 226 Å². The number of nitrogens with zero attached hydrogens (tertiary/aromatic N) is 2. The first kappa shape index (κ1) is 24.7. The molecule has 0 saturated heterocycles. The first-order chi connectivity index (χ1) is 19.1. The number of benzene rings is 2. The van der Waals surface area contributed by atoms with Crippen LogP contribution in [0.2, 0.25) is 0 Å². The number of carbonyl (C=O) groups is 1. The van der Waals surface area contributed by atoms with E-state index in [1.165, 1.54) is 0 Å². The molecule has 7 nitrogen and oxygen atoms in total. The van der Waals surface area contributed by atoms with Crippen molar-refractivity contribution in [3.05, 3.63) is 108 Å². The molecular weight excluding hydrogens is 490 g/mol. The Kier molecular flexibility index (Phi) is 6.95. The van der Waals surface area contributed by atoms with Crippen LogP contribution in [0, 0.1) is 0 Å².